The quantitative estimate of drug-likeness (QED) is 0.147. The van der Waals surface area contributed by atoms with Crippen molar-refractivity contribution in [3.63, 3.8) is 0 Å². The Morgan fingerprint density at radius 3 is 2.46 bits per heavy atom. The summed E-state index contributed by atoms with van der Waals surface area (Å²) in [6, 6.07) is 20.9. The third-order valence-electron chi connectivity index (χ3n) is 7.43. The Morgan fingerprint density at radius 2 is 1.78 bits per heavy atom. The molecule has 0 unspecified atom stereocenters. The number of para-hydroxylation sites is 1. The number of hydrogen-bond acceptors (Lipinski definition) is 7. The molecule has 0 saturated heterocycles. The molecule has 0 aliphatic carbocycles. The Morgan fingerprint density at radius 1 is 1.04 bits per heavy atom. The molecule has 46 heavy (non-hydrogen) atoms. The van der Waals surface area contributed by atoms with Gasteiger partial charge in [-0.1, -0.05) is 49.7 Å². The summed E-state index contributed by atoms with van der Waals surface area (Å²) in [4.78, 5) is 29.9. The van der Waals surface area contributed by atoms with Gasteiger partial charge in [0, 0.05) is 5.56 Å². The summed E-state index contributed by atoms with van der Waals surface area (Å²) in [5.41, 5.74) is 4.41. The third-order valence-corrected chi connectivity index (χ3v) is 7.71. The Bertz CT molecular complexity index is 2000. The molecule has 0 fully saturated rings. The van der Waals surface area contributed by atoms with Gasteiger partial charge in [0.25, 0.3) is 5.56 Å². The van der Waals surface area contributed by atoms with Crippen molar-refractivity contribution >= 4 is 34.7 Å². The molecule has 0 bridgehead atoms. The Hall–Kier alpha value is -5.15. The lowest BCUT2D eigenvalue weighted by Crippen LogP contribution is -2.20. The molecule has 0 aliphatic heterocycles. The molecular weight excluding hydrogens is 606 g/mol. The van der Waals surface area contributed by atoms with E-state index in [1.807, 2.05) is 38.1 Å². The summed E-state index contributed by atoms with van der Waals surface area (Å²) >= 11 is 6.68. The van der Waals surface area contributed by atoms with Gasteiger partial charge in [-0.3, -0.25) is 4.79 Å². The number of nitrogens with zero attached hydrogens (tertiary/aromatic N) is 3. The number of methoxy groups -OCH3 is 1. The van der Waals surface area contributed by atoms with E-state index in [2.05, 4.69) is 18.9 Å². The van der Waals surface area contributed by atoms with Crippen molar-refractivity contribution in [2.45, 2.75) is 40.2 Å². The van der Waals surface area contributed by atoms with Crippen LogP contribution in [0.5, 0.6) is 17.2 Å². The molecular formula is C36H34ClN3O6. The van der Waals surface area contributed by atoms with Crippen LogP contribution in [0.2, 0.25) is 5.02 Å². The van der Waals surface area contributed by atoms with E-state index in [-0.39, 0.29) is 28.7 Å². The number of aromatic carboxylic acids is 1. The average molecular weight is 640 g/mol. The molecule has 0 saturated carbocycles. The molecule has 5 aromatic rings. The second-order valence-electron chi connectivity index (χ2n) is 10.9. The third kappa shape index (κ3) is 6.74. The van der Waals surface area contributed by atoms with Crippen molar-refractivity contribution in [1.29, 1.82) is 0 Å². The average Bonchev–Trinajstić information content (AvgIpc) is 3.04. The van der Waals surface area contributed by atoms with Crippen molar-refractivity contribution in [3.8, 4) is 28.6 Å². The predicted octanol–water partition coefficient (Wildman–Crippen LogP) is 7.72. The SMILES string of the molecule is CCOc1cc(C=Nn2c(-c3cc(C(C)C)c(OC)cc3C)nc3ccccc3c2=O)cc(Cl)c1OCc1ccc(C(=O)O)cc1. The number of rotatable bonds is 11. The predicted molar refractivity (Wildman–Crippen MR) is 180 cm³/mol. The number of carboxylic acids is 1. The minimum Gasteiger partial charge on any atom is -0.496 e. The van der Waals surface area contributed by atoms with Crippen molar-refractivity contribution in [3.05, 3.63) is 116 Å². The first-order valence-electron chi connectivity index (χ1n) is 14.8. The molecule has 1 heterocycles. The number of fused-ring (bicyclic) bond motifs is 1. The van der Waals surface area contributed by atoms with Crippen molar-refractivity contribution < 1.29 is 24.1 Å². The molecule has 10 heteroatoms. The van der Waals surface area contributed by atoms with Crippen LogP contribution in [0.15, 0.2) is 82.7 Å². The molecule has 1 aromatic heterocycles. The molecule has 5 rings (SSSR count). The topological polar surface area (TPSA) is 112 Å². The van der Waals surface area contributed by atoms with Gasteiger partial charge in [0.15, 0.2) is 17.3 Å². The van der Waals surface area contributed by atoms with Crippen LogP contribution in [0.4, 0.5) is 0 Å². The van der Waals surface area contributed by atoms with E-state index in [9.17, 15) is 9.59 Å². The van der Waals surface area contributed by atoms with E-state index in [0.29, 0.717) is 40.4 Å². The summed E-state index contributed by atoms with van der Waals surface area (Å²) in [6.07, 6.45) is 1.53. The monoisotopic (exact) mass is 639 g/mol. The summed E-state index contributed by atoms with van der Waals surface area (Å²) < 4.78 is 18.8. The first-order valence-corrected chi connectivity index (χ1v) is 15.2. The summed E-state index contributed by atoms with van der Waals surface area (Å²) in [5, 5.41) is 14.5. The number of aromatic nitrogens is 2. The minimum atomic E-state index is -1.00. The molecule has 4 aromatic carbocycles. The largest absolute Gasteiger partial charge is 0.496 e. The van der Waals surface area contributed by atoms with Gasteiger partial charge < -0.3 is 19.3 Å². The van der Waals surface area contributed by atoms with Crippen LogP contribution in [-0.2, 0) is 6.61 Å². The zero-order valence-electron chi connectivity index (χ0n) is 26.2. The maximum Gasteiger partial charge on any atom is 0.335 e. The molecule has 9 nitrogen and oxygen atoms in total. The van der Waals surface area contributed by atoms with E-state index < -0.39 is 5.97 Å². The van der Waals surface area contributed by atoms with E-state index >= 15 is 0 Å². The van der Waals surface area contributed by atoms with Crippen LogP contribution in [0.25, 0.3) is 22.3 Å². The van der Waals surface area contributed by atoms with Crippen LogP contribution in [0, 0.1) is 6.92 Å². The number of hydrogen-bond donors (Lipinski definition) is 1. The van der Waals surface area contributed by atoms with Gasteiger partial charge in [0.1, 0.15) is 12.4 Å². The van der Waals surface area contributed by atoms with E-state index in [1.54, 1.807) is 43.5 Å². The summed E-state index contributed by atoms with van der Waals surface area (Å²) in [5.74, 6) is 1.07. The minimum absolute atomic E-state index is 0.147. The molecule has 0 amide bonds. The van der Waals surface area contributed by atoms with Gasteiger partial charge in [-0.05, 0) is 90.6 Å². The van der Waals surface area contributed by atoms with E-state index in [0.717, 1.165) is 28.0 Å². The van der Waals surface area contributed by atoms with Gasteiger partial charge in [0.2, 0.25) is 0 Å². The number of benzene rings is 4. The molecule has 236 valence electrons. The number of ether oxygens (including phenoxy) is 3. The van der Waals surface area contributed by atoms with E-state index in [4.69, 9.17) is 35.9 Å². The van der Waals surface area contributed by atoms with Crippen LogP contribution in [-0.4, -0.2) is 40.7 Å². The number of carboxylic acid groups (broad SMARTS) is 1. The molecule has 0 aliphatic rings. The highest BCUT2D eigenvalue weighted by atomic mass is 35.5. The van der Waals surface area contributed by atoms with Crippen LogP contribution in [0.3, 0.4) is 0 Å². The first-order chi connectivity index (χ1) is 22.1. The molecule has 0 atom stereocenters. The molecule has 0 radical (unpaired) electrons. The second-order valence-corrected chi connectivity index (χ2v) is 11.3. The van der Waals surface area contributed by atoms with Gasteiger partial charge in [-0.15, -0.1) is 0 Å². The fraction of sp³-hybridized carbons (Fsp3) is 0.222. The van der Waals surface area contributed by atoms with Crippen LogP contribution >= 0.6 is 11.6 Å². The standard InChI is InChI=1S/C36H34ClN3O6/c1-6-45-32-17-24(16-29(37)33(32)46-20-23-11-13-25(14-12-23)36(42)43)19-38-40-34(39-30-10-8-7-9-26(30)35(40)41)28-18-27(21(2)3)31(44-5)15-22(28)4/h7-19,21H,6,20H2,1-5H3,(H,42,43). The van der Waals surface area contributed by atoms with Crippen molar-refractivity contribution in [1.82, 2.24) is 9.66 Å². The lowest BCUT2D eigenvalue weighted by Gasteiger charge is -2.17. The second kappa shape index (κ2) is 13.9. The lowest BCUT2D eigenvalue weighted by molar-refractivity contribution is 0.0697. The van der Waals surface area contributed by atoms with Gasteiger partial charge in [-0.2, -0.15) is 9.78 Å². The van der Waals surface area contributed by atoms with Crippen LogP contribution < -0.4 is 19.8 Å². The fourth-order valence-corrected chi connectivity index (χ4v) is 5.33. The zero-order chi connectivity index (χ0) is 33.0. The van der Waals surface area contributed by atoms with Crippen molar-refractivity contribution in [2.24, 2.45) is 5.10 Å². The van der Waals surface area contributed by atoms with Gasteiger partial charge >= 0.3 is 5.97 Å². The summed E-state index contributed by atoms with van der Waals surface area (Å²) in [6.45, 7) is 8.46. The van der Waals surface area contributed by atoms with Crippen LogP contribution in [0.1, 0.15) is 59.3 Å². The number of carbonyl (C=O) groups is 1. The highest BCUT2D eigenvalue weighted by Gasteiger charge is 2.19. The molecule has 1 N–H and O–H groups in total. The van der Waals surface area contributed by atoms with Gasteiger partial charge in [-0.25, -0.2) is 9.78 Å². The lowest BCUT2D eigenvalue weighted by atomic mass is 9.96. The fourth-order valence-electron chi connectivity index (χ4n) is 5.06. The van der Waals surface area contributed by atoms with Crippen molar-refractivity contribution in [2.75, 3.05) is 13.7 Å². The maximum absolute atomic E-state index is 13.8. The summed E-state index contributed by atoms with van der Waals surface area (Å²) in [7, 11) is 1.64. The highest BCUT2D eigenvalue weighted by molar-refractivity contribution is 6.32. The van der Waals surface area contributed by atoms with E-state index in [1.165, 1.54) is 23.0 Å². The smallest absolute Gasteiger partial charge is 0.335 e. The highest BCUT2D eigenvalue weighted by Crippen LogP contribution is 2.37. The Labute approximate surface area is 271 Å². The molecule has 0 spiro atoms. The van der Waals surface area contributed by atoms with Gasteiger partial charge in [0.05, 0.1) is 41.4 Å². The Kier molecular flexibility index (Phi) is 9.72. The number of halogens is 1. The zero-order valence-corrected chi connectivity index (χ0v) is 27.0. The number of aryl methyl sites for hydroxylation is 1. The Balaban J connectivity index is 1.56. The first kappa shape index (κ1) is 32.2. The normalized spacial score (nSPS) is 11.4. The maximum atomic E-state index is 13.8.